The second-order valence-corrected chi connectivity index (χ2v) is 4.91. The van der Waals surface area contributed by atoms with Crippen LogP contribution < -0.4 is 14.8 Å². The summed E-state index contributed by atoms with van der Waals surface area (Å²) in [5.74, 6) is 0.458. The summed E-state index contributed by atoms with van der Waals surface area (Å²) >= 11 is 0. The van der Waals surface area contributed by atoms with Crippen LogP contribution in [0, 0.1) is 5.82 Å². The van der Waals surface area contributed by atoms with Gasteiger partial charge >= 0.3 is 0 Å². The molecule has 25 heavy (non-hydrogen) atoms. The Bertz CT molecular complexity index is 732. The monoisotopic (exact) mass is 346 g/mol. The van der Waals surface area contributed by atoms with Gasteiger partial charge in [0.05, 0.1) is 19.9 Å². The van der Waals surface area contributed by atoms with Crippen molar-refractivity contribution < 1.29 is 23.5 Å². The van der Waals surface area contributed by atoms with Gasteiger partial charge in [0, 0.05) is 11.3 Å². The first kappa shape index (κ1) is 18.3. The molecular weight excluding hydrogens is 327 g/mol. The van der Waals surface area contributed by atoms with E-state index in [0.717, 1.165) is 5.56 Å². The smallest absolute Gasteiger partial charge is 0.265 e. The number of benzene rings is 2. The van der Waals surface area contributed by atoms with Crippen LogP contribution in [0.4, 0.5) is 10.1 Å². The highest BCUT2D eigenvalue weighted by atomic mass is 19.1. The summed E-state index contributed by atoms with van der Waals surface area (Å²) < 4.78 is 23.4. The van der Waals surface area contributed by atoms with E-state index in [4.69, 9.17) is 14.3 Å². The zero-order valence-electron chi connectivity index (χ0n) is 14.0. The molecule has 132 valence electrons. The van der Waals surface area contributed by atoms with E-state index in [2.05, 4.69) is 10.5 Å². The van der Waals surface area contributed by atoms with Crippen LogP contribution in [0.2, 0.25) is 0 Å². The third kappa shape index (κ3) is 5.80. The van der Waals surface area contributed by atoms with Crippen molar-refractivity contribution in [3.05, 3.63) is 53.8 Å². The van der Waals surface area contributed by atoms with Crippen LogP contribution in [-0.2, 0) is 9.63 Å². The summed E-state index contributed by atoms with van der Waals surface area (Å²) in [5, 5.41) is 6.31. The number of carbonyl (C=O) groups is 1. The Morgan fingerprint density at radius 3 is 2.64 bits per heavy atom. The molecule has 0 saturated heterocycles. The maximum absolute atomic E-state index is 12.8. The minimum atomic E-state index is -0.395. The number of rotatable bonds is 8. The summed E-state index contributed by atoms with van der Waals surface area (Å²) in [5.41, 5.74) is 1.22. The predicted octanol–water partition coefficient (Wildman–Crippen LogP) is 3.22. The SMILES string of the molecule is CCOc1ccc(/C=N/OCC(=O)Nc2ccc(F)cc2)cc1OC. The molecule has 2 aromatic rings. The number of ether oxygens (including phenoxy) is 2. The average Bonchev–Trinajstić information content (AvgIpc) is 2.62. The summed E-state index contributed by atoms with van der Waals surface area (Å²) in [7, 11) is 1.55. The summed E-state index contributed by atoms with van der Waals surface area (Å²) in [6.45, 7) is 2.16. The normalized spacial score (nSPS) is 10.5. The largest absolute Gasteiger partial charge is 0.493 e. The number of hydrogen-bond donors (Lipinski definition) is 1. The van der Waals surface area contributed by atoms with Gasteiger partial charge in [-0.2, -0.15) is 0 Å². The van der Waals surface area contributed by atoms with Crippen molar-refractivity contribution in [2.24, 2.45) is 5.16 Å². The Hall–Kier alpha value is -3.09. The highest BCUT2D eigenvalue weighted by Crippen LogP contribution is 2.27. The first-order valence-electron chi connectivity index (χ1n) is 7.64. The maximum atomic E-state index is 12.8. The lowest BCUT2D eigenvalue weighted by molar-refractivity contribution is -0.120. The summed E-state index contributed by atoms with van der Waals surface area (Å²) in [6.07, 6.45) is 1.46. The topological polar surface area (TPSA) is 69.2 Å². The lowest BCUT2D eigenvalue weighted by atomic mass is 10.2. The Balaban J connectivity index is 1.84. The van der Waals surface area contributed by atoms with Crippen molar-refractivity contribution in [1.82, 2.24) is 0 Å². The molecule has 0 aliphatic heterocycles. The molecule has 0 atom stereocenters. The Morgan fingerprint density at radius 2 is 1.96 bits per heavy atom. The van der Waals surface area contributed by atoms with Crippen molar-refractivity contribution in [3.8, 4) is 11.5 Å². The number of hydrogen-bond acceptors (Lipinski definition) is 5. The number of carbonyl (C=O) groups excluding carboxylic acids is 1. The van der Waals surface area contributed by atoms with Crippen LogP contribution in [0.15, 0.2) is 47.6 Å². The van der Waals surface area contributed by atoms with Gasteiger partial charge < -0.3 is 19.6 Å². The second kappa shape index (κ2) is 9.27. The Labute approximate surface area is 145 Å². The fourth-order valence-electron chi connectivity index (χ4n) is 1.96. The van der Waals surface area contributed by atoms with Crippen LogP contribution in [-0.4, -0.2) is 32.4 Å². The fraction of sp³-hybridized carbons (Fsp3) is 0.222. The minimum Gasteiger partial charge on any atom is -0.493 e. The summed E-state index contributed by atoms with van der Waals surface area (Å²) in [6, 6.07) is 10.7. The predicted molar refractivity (Wildman–Crippen MR) is 92.7 cm³/mol. The third-order valence-corrected chi connectivity index (χ3v) is 3.09. The van der Waals surface area contributed by atoms with Crippen molar-refractivity contribution in [2.75, 3.05) is 25.6 Å². The molecule has 2 aromatic carbocycles. The van der Waals surface area contributed by atoms with Gasteiger partial charge in [-0.05, 0) is 49.4 Å². The highest BCUT2D eigenvalue weighted by molar-refractivity contribution is 5.91. The fourth-order valence-corrected chi connectivity index (χ4v) is 1.96. The average molecular weight is 346 g/mol. The van der Waals surface area contributed by atoms with Crippen LogP contribution in [0.3, 0.4) is 0 Å². The van der Waals surface area contributed by atoms with E-state index < -0.39 is 5.91 Å². The standard InChI is InChI=1S/C18H19FN2O4/c1-3-24-16-9-4-13(10-17(16)23-2)11-20-25-12-18(22)21-15-7-5-14(19)6-8-15/h4-11H,3,12H2,1-2H3,(H,21,22)/b20-11+. The van der Waals surface area contributed by atoms with Crippen LogP contribution in [0.1, 0.15) is 12.5 Å². The van der Waals surface area contributed by atoms with E-state index in [0.29, 0.717) is 23.8 Å². The number of nitrogens with one attached hydrogen (secondary N) is 1. The lowest BCUT2D eigenvalue weighted by Crippen LogP contribution is -2.16. The maximum Gasteiger partial charge on any atom is 0.265 e. The minimum absolute atomic E-state index is 0.262. The third-order valence-electron chi connectivity index (χ3n) is 3.09. The number of anilines is 1. The van der Waals surface area contributed by atoms with E-state index in [9.17, 15) is 9.18 Å². The summed E-state index contributed by atoms with van der Waals surface area (Å²) in [4.78, 5) is 16.6. The van der Waals surface area contributed by atoms with E-state index in [1.807, 2.05) is 6.92 Å². The molecule has 7 heteroatoms. The van der Waals surface area contributed by atoms with Gasteiger partial charge in [0.2, 0.25) is 0 Å². The Kier molecular flexibility index (Phi) is 6.76. The van der Waals surface area contributed by atoms with Gasteiger partial charge in [-0.15, -0.1) is 0 Å². The van der Waals surface area contributed by atoms with Crippen LogP contribution in [0.25, 0.3) is 0 Å². The van der Waals surface area contributed by atoms with Gasteiger partial charge in [-0.3, -0.25) is 4.79 Å². The van der Waals surface area contributed by atoms with E-state index >= 15 is 0 Å². The first-order valence-corrected chi connectivity index (χ1v) is 7.64. The number of methoxy groups -OCH3 is 1. The first-order chi connectivity index (χ1) is 12.1. The molecule has 0 aliphatic carbocycles. The van der Waals surface area contributed by atoms with Gasteiger partial charge in [-0.1, -0.05) is 5.16 Å². The zero-order chi connectivity index (χ0) is 18.1. The van der Waals surface area contributed by atoms with Crippen molar-refractivity contribution in [2.45, 2.75) is 6.92 Å². The molecular formula is C18H19FN2O4. The van der Waals surface area contributed by atoms with Crippen molar-refractivity contribution in [3.63, 3.8) is 0 Å². The van der Waals surface area contributed by atoms with E-state index in [1.54, 1.807) is 25.3 Å². The highest BCUT2D eigenvalue weighted by Gasteiger charge is 2.05. The number of amides is 1. The number of halogens is 1. The molecule has 0 saturated carbocycles. The molecule has 0 radical (unpaired) electrons. The van der Waals surface area contributed by atoms with E-state index in [1.165, 1.54) is 30.5 Å². The van der Waals surface area contributed by atoms with Crippen molar-refractivity contribution in [1.29, 1.82) is 0 Å². The Morgan fingerprint density at radius 1 is 1.20 bits per heavy atom. The van der Waals surface area contributed by atoms with Gasteiger partial charge in [0.1, 0.15) is 5.82 Å². The second-order valence-electron chi connectivity index (χ2n) is 4.91. The molecule has 0 spiro atoms. The molecule has 0 bridgehead atoms. The van der Waals surface area contributed by atoms with Crippen LogP contribution >= 0.6 is 0 Å². The molecule has 0 unspecified atom stereocenters. The lowest BCUT2D eigenvalue weighted by Gasteiger charge is -2.09. The number of oxime groups is 1. The quantitative estimate of drug-likeness (QED) is 0.589. The molecule has 0 aromatic heterocycles. The van der Waals surface area contributed by atoms with Crippen molar-refractivity contribution >= 4 is 17.8 Å². The molecule has 1 amide bonds. The number of nitrogens with zero attached hydrogens (tertiary/aromatic N) is 1. The zero-order valence-corrected chi connectivity index (χ0v) is 14.0. The van der Waals surface area contributed by atoms with Gasteiger partial charge in [-0.25, -0.2) is 4.39 Å². The van der Waals surface area contributed by atoms with Gasteiger partial charge in [0.15, 0.2) is 18.1 Å². The molecule has 0 fully saturated rings. The molecule has 2 rings (SSSR count). The molecule has 6 nitrogen and oxygen atoms in total. The van der Waals surface area contributed by atoms with Crippen LogP contribution in [0.5, 0.6) is 11.5 Å². The molecule has 0 aliphatic rings. The van der Waals surface area contributed by atoms with Gasteiger partial charge in [0.25, 0.3) is 5.91 Å². The molecule has 0 heterocycles. The molecule has 1 N–H and O–H groups in total. The van der Waals surface area contributed by atoms with E-state index in [-0.39, 0.29) is 12.4 Å².